The summed E-state index contributed by atoms with van der Waals surface area (Å²) >= 11 is 0. The Bertz CT molecular complexity index is 530. The molecule has 1 aromatic carbocycles. The van der Waals surface area contributed by atoms with Gasteiger partial charge in [-0.05, 0) is 30.5 Å². The van der Waals surface area contributed by atoms with Gasteiger partial charge in [0.15, 0.2) is 5.79 Å². The Kier molecular flexibility index (Phi) is 5.58. The largest absolute Gasteiger partial charge is 0.497 e. The van der Waals surface area contributed by atoms with Crippen LogP contribution in [0.5, 0.6) is 5.75 Å². The van der Waals surface area contributed by atoms with Crippen LogP contribution in [-0.2, 0) is 15.9 Å². The van der Waals surface area contributed by atoms with Gasteiger partial charge in [-0.15, -0.1) is 0 Å². The van der Waals surface area contributed by atoms with Crippen LogP contribution in [0.1, 0.15) is 24.8 Å². The van der Waals surface area contributed by atoms with Gasteiger partial charge in [0.1, 0.15) is 5.75 Å². The first-order valence-corrected chi connectivity index (χ1v) is 8.64. The lowest BCUT2D eigenvalue weighted by Gasteiger charge is -2.43. The minimum absolute atomic E-state index is 0.00540. The minimum atomic E-state index is -0.446. The first-order chi connectivity index (χ1) is 11.7. The number of hydrogen-bond acceptors (Lipinski definition) is 4. The highest BCUT2D eigenvalue weighted by Gasteiger charge is 2.39. The first kappa shape index (κ1) is 17.0. The second kappa shape index (κ2) is 7.85. The highest BCUT2D eigenvalue weighted by molar-refractivity contribution is 5.74. The number of methoxy groups -OCH3 is 1. The van der Waals surface area contributed by atoms with E-state index in [1.54, 1.807) is 7.11 Å². The number of benzene rings is 1. The lowest BCUT2D eigenvalue weighted by Crippen LogP contribution is -2.53. The van der Waals surface area contributed by atoms with Crippen LogP contribution < -0.4 is 10.1 Å². The molecule has 0 bridgehead atoms. The van der Waals surface area contributed by atoms with Gasteiger partial charge in [0, 0.05) is 32.5 Å². The number of rotatable bonds is 4. The molecule has 24 heavy (non-hydrogen) atoms. The van der Waals surface area contributed by atoms with Gasteiger partial charge in [-0.1, -0.05) is 12.1 Å². The summed E-state index contributed by atoms with van der Waals surface area (Å²) in [6.45, 7) is 3.49. The molecule has 2 heterocycles. The normalized spacial score (nSPS) is 20.0. The molecular formula is C18H26N2O4. The summed E-state index contributed by atoms with van der Waals surface area (Å²) in [5.74, 6) is 0.398. The van der Waals surface area contributed by atoms with Crippen LogP contribution in [0.3, 0.4) is 0 Å². The first-order valence-electron chi connectivity index (χ1n) is 8.64. The second-order valence-corrected chi connectivity index (χ2v) is 6.28. The molecule has 1 spiro atoms. The highest BCUT2D eigenvalue weighted by Crippen LogP contribution is 2.30. The fourth-order valence-corrected chi connectivity index (χ4v) is 3.17. The molecule has 2 amide bonds. The lowest BCUT2D eigenvalue weighted by atomic mass is 10.0. The van der Waals surface area contributed by atoms with Crippen molar-refractivity contribution >= 4 is 6.03 Å². The fraction of sp³-hybridized carbons (Fsp3) is 0.611. The zero-order chi connectivity index (χ0) is 16.8. The quantitative estimate of drug-likeness (QED) is 0.917. The highest BCUT2D eigenvalue weighted by atomic mass is 16.7. The van der Waals surface area contributed by atoms with E-state index in [9.17, 15) is 4.79 Å². The van der Waals surface area contributed by atoms with E-state index in [0.717, 1.165) is 44.6 Å². The van der Waals surface area contributed by atoms with Gasteiger partial charge in [0.05, 0.1) is 20.3 Å². The van der Waals surface area contributed by atoms with Crippen molar-refractivity contribution in [3.05, 3.63) is 29.8 Å². The van der Waals surface area contributed by atoms with E-state index in [1.807, 2.05) is 29.2 Å². The minimum Gasteiger partial charge on any atom is -0.497 e. The molecular weight excluding hydrogens is 308 g/mol. The van der Waals surface area contributed by atoms with Crippen molar-refractivity contribution < 1.29 is 19.0 Å². The molecule has 6 nitrogen and oxygen atoms in total. The van der Waals surface area contributed by atoms with Crippen molar-refractivity contribution in [2.45, 2.75) is 31.5 Å². The van der Waals surface area contributed by atoms with E-state index in [0.29, 0.717) is 19.6 Å². The third-order valence-corrected chi connectivity index (χ3v) is 4.68. The predicted octanol–water partition coefficient (Wildman–Crippen LogP) is 2.18. The zero-order valence-corrected chi connectivity index (χ0v) is 14.3. The Morgan fingerprint density at radius 1 is 1.21 bits per heavy atom. The maximum absolute atomic E-state index is 12.3. The van der Waals surface area contributed by atoms with Gasteiger partial charge < -0.3 is 24.4 Å². The van der Waals surface area contributed by atoms with E-state index in [4.69, 9.17) is 14.2 Å². The van der Waals surface area contributed by atoms with Gasteiger partial charge >= 0.3 is 6.03 Å². The average Bonchev–Trinajstić information content (AvgIpc) is 2.63. The molecule has 6 heteroatoms. The number of likely N-dealkylation sites (tertiary alicyclic amines) is 1. The van der Waals surface area contributed by atoms with Crippen molar-refractivity contribution in [3.8, 4) is 5.75 Å². The topological polar surface area (TPSA) is 60.0 Å². The molecule has 2 aliphatic rings. The van der Waals surface area contributed by atoms with Crippen molar-refractivity contribution in [1.29, 1.82) is 0 Å². The predicted molar refractivity (Wildman–Crippen MR) is 90.2 cm³/mol. The van der Waals surface area contributed by atoms with Crippen molar-refractivity contribution in [3.63, 3.8) is 0 Å². The van der Waals surface area contributed by atoms with E-state index in [-0.39, 0.29) is 6.03 Å². The molecule has 0 unspecified atom stereocenters. The molecule has 3 rings (SSSR count). The summed E-state index contributed by atoms with van der Waals surface area (Å²) in [7, 11) is 1.65. The number of carbonyl (C=O) groups excluding carboxylic acids is 1. The standard InChI is InChI=1S/C18H26N2O4/c1-22-16-5-3-15(4-6-16)7-10-19-17(21)20-11-8-18(9-12-20)23-13-2-14-24-18/h3-6H,2,7-14H2,1H3,(H,19,21). The van der Waals surface area contributed by atoms with Crippen LogP contribution in [0.25, 0.3) is 0 Å². The molecule has 132 valence electrons. The Balaban J connectivity index is 1.39. The van der Waals surface area contributed by atoms with Gasteiger partial charge in [0.25, 0.3) is 0 Å². The molecule has 2 aliphatic heterocycles. The smallest absolute Gasteiger partial charge is 0.317 e. The zero-order valence-electron chi connectivity index (χ0n) is 14.3. The monoisotopic (exact) mass is 334 g/mol. The van der Waals surface area contributed by atoms with E-state index < -0.39 is 5.79 Å². The molecule has 2 fully saturated rings. The SMILES string of the molecule is COc1ccc(CCNC(=O)N2CCC3(CC2)OCCCO3)cc1. The van der Waals surface area contributed by atoms with Gasteiger partial charge in [-0.2, -0.15) is 0 Å². The molecule has 0 saturated carbocycles. The molecule has 0 atom stereocenters. The number of nitrogens with one attached hydrogen (secondary N) is 1. The maximum Gasteiger partial charge on any atom is 0.317 e. The number of nitrogens with zero attached hydrogens (tertiary/aromatic N) is 1. The molecule has 1 aromatic rings. The van der Waals surface area contributed by atoms with Crippen LogP contribution in [0, 0.1) is 0 Å². The van der Waals surface area contributed by atoms with Crippen LogP contribution in [0.15, 0.2) is 24.3 Å². The van der Waals surface area contributed by atoms with Crippen LogP contribution in [0.4, 0.5) is 4.79 Å². The van der Waals surface area contributed by atoms with Gasteiger partial charge in [0.2, 0.25) is 0 Å². The number of ether oxygens (including phenoxy) is 3. The van der Waals surface area contributed by atoms with Crippen molar-refractivity contribution in [2.24, 2.45) is 0 Å². The summed E-state index contributed by atoms with van der Waals surface area (Å²) in [6, 6.07) is 7.91. The molecule has 1 N–H and O–H groups in total. The van der Waals surface area contributed by atoms with Crippen LogP contribution in [0.2, 0.25) is 0 Å². The second-order valence-electron chi connectivity index (χ2n) is 6.28. The number of piperidine rings is 1. The molecule has 0 aromatic heterocycles. The van der Waals surface area contributed by atoms with Gasteiger partial charge in [-0.3, -0.25) is 0 Å². The maximum atomic E-state index is 12.3. The van der Waals surface area contributed by atoms with E-state index >= 15 is 0 Å². The summed E-state index contributed by atoms with van der Waals surface area (Å²) in [5.41, 5.74) is 1.18. The number of carbonyl (C=O) groups is 1. The number of hydrogen-bond donors (Lipinski definition) is 1. The molecule has 0 radical (unpaired) electrons. The number of amides is 2. The molecule has 2 saturated heterocycles. The Morgan fingerprint density at radius 2 is 1.88 bits per heavy atom. The lowest BCUT2D eigenvalue weighted by molar-refractivity contribution is -0.281. The van der Waals surface area contributed by atoms with E-state index in [2.05, 4.69) is 5.32 Å². The average molecular weight is 334 g/mol. The van der Waals surface area contributed by atoms with Crippen LogP contribution >= 0.6 is 0 Å². The summed E-state index contributed by atoms with van der Waals surface area (Å²) in [4.78, 5) is 14.1. The Labute approximate surface area is 143 Å². The van der Waals surface area contributed by atoms with Crippen molar-refractivity contribution in [2.75, 3.05) is 40.0 Å². The van der Waals surface area contributed by atoms with Gasteiger partial charge in [-0.25, -0.2) is 4.79 Å². The third-order valence-electron chi connectivity index (χ3n) is 4.68. The van der Waals surface area contributed by atoms with E-state index in [1.165, 1.54) is 5.56 Å². The third kappa shape index (κ3) is 4.19. The van der Waals surface area contributed by atoms with Crippen LogP contribution in [-0.4, -0.2) is 56.7 Å². The van der Waals surface area contributed by atoms with Crippen molar-refractivity contribution in [1.82, 2.24) is 10.2 Å². The molecule has 0 aliphatic carbocycles. The summed E-state index contributed by atoms with van der Waals surface area (Å²) in [6.07, 6.45) is 3.26. The summed E-state index contributed by atoms with van der Waals surface area (Å²) in [5, 5.41) is 2.99. The fourth-order valence-electron chi connectivity index (χ4n) is 3.17. The number of urea groups is 1. The Hall–Kier alpha value is -1.79. The Morgan fingerprint density at radius 3 is 2.50 bits per heavy atom. The summed E-state index contributed by atoms with van der Waals surface area (Å²) < 4.78 is 16.7.